The molecule has 0 aliphatic carbocycles. The molecule has 128 valence electrons. The Balaban J connectivity index is 2.04. The summed E-state index contributed by atoms with van der Waals surface area (Å²) in [6, 6.07) is 15.8. The molecule has 0 radical (unpaired) electrons. The molecule has 1 aromatic carbocycles. The van der Waals surface area contributed by atoms with Gasteiger partial charge < -0.3 is 0 Å². The first-order valence-corrected chi connectivity index (χ1v) is 8.09. The summed E-state index contributed by atoms with van der Waals surface area (Å²) in [7, 11) is 0. The molecule has 0 aliphatic heterocycles. The minimum Gasteiger partial charge on any atom is -0.267 e. The second-order valence-corrected chi connectivity index (χ2v) is 5.60. The van der Waals surface area contributed by atoms with E-state index in [0.717, 1.165) is 0 Å². The van der Waals surface area contributed by atoms with Gasteiger partial charge in [0.1, 0.15) is 11.8 Å². The first-order chi connectivity index (χ1) is 13.3. The molecule has 4 rings (SSSR count). The van der Waals surface area contributed by atoms with Gasteiger partial charge in [-0.25, -0.2) is 9.97 Å². The van der Waals surface area contributed by atoms with E-state index in [4.69, 9.17) is 0 Å². The maximum Gasteiger partial charge on any atom is 0.279 e. The highest BCUT2D eigenvalue weighted by molar-refractivity contribution is 5.67. The third-order valence-electron chi connectivity index (χ3n) is 3.93. The van der Waals surface area contributed by atoms with Crippen LogP contribution in [-0.2, 0) is 0 Å². The van der Waals surface area contributed by atoms with Gasteiger partial charge in [-0.1, -0.05) is 18.2 Å². The summed E-state index contributed by atoms with van der Waals surface area (Å²) in [6.07, 6.45) is 6.45. The molecule has 3 heterocycles. The van der Waals surface area contributed by atoms with Crippen molar-refractivity contribution < 1.29 is 0 Å². The van der Waals surface area contributed by atoms with Crippen LogP contribution in [-0.4, -0.2) is 24.7 Å². The zero-order chi connectivity index (χ0) is 18.6. The maximum absolute atomic E-state index is 13.1. The zero-order valence-electron chi connectivity index (χ0n) is 14.0. The molecular weight excluding hydrogens is 340 g/mol. The second-order valence-electron chi connectivity index (χ2n) is 5.60. The summed E-state index contributed by atoms with van der Waals surface area (Å²) in [5.74, 6) is 0.380. The summed E-state index contributed by atoms with van der Waals surface area (Å²) < 4.78 is 1.21. The Morgan fingerprint density at radius 3 is 2.52 bits per heavy atom. The van der Waals surface area contributed by atoms with E-state index in [1.54, 1.807) is 73.3 Å². The predicted octanol–water partition coefficient (Wildman–Crippen LogP) is 2.62. The Kier molecular flexibility index (Phi) is 4.21. The fourth-order valence-corrected chi connectivity index (χ4v) is 2.68. The molecule has 0 saturated carbocycles. The van der Waals surface area contributed by atoms with Crippen LogP contribution in [0.2, 0.25) is 0 Å². The van der Waals surface area contributed by atoms with E-state index in [0.29, 0.717) is 33.9 Å². The van der Waals surface area contributed by atoms with E-state index in [9.17, 15) is 10.1 Å². The number of nitrogens with zero attached hydrogens (tertiary/aromatic N) is 6. The fourth-order valence-electron chi connectivity index (χ4n) is 2.68. The van der Waals surface area contributed by atoms with E-state index in [2.05, 4.69) is 26.1 Å². The van der Waals surface area contributed by atoms with Crippen LogP contribution in [0, 0.1) is 11.3 Å². The van der Waals surface area contributed by atoms with Crippen molar-refractivity contribution in [1.29, 1.82) is 5.26 Å². The van der Waals surface area contributed by atoms with Crippen LogP contribution < -0.4 is 5.56 Å². The average Bonchev–Trinajstić information content (AvgIpc) is 2.75. The summed E-state index contributed by atoms with van der Waals surface area (Å²) in [5.41, 5.74) is 1.84. The van der Waals surface area contributed by atoms with Crippen molar-refractivity contribution in [2.24, 2.45) is 0 Å². The number of nitriles is 1. The largest absolute Gasteiger partial charge is 0.279 e. The molecule has 0 atom stereocenters. The van der Waals surface area contributed by atoms with Gasteiger partial charge in [-0.3, -0.25) is 9.78 Å². The van der Waals surface area contributed by atoms with E-state index in [1.807, 2.05) is 0 Å². The quantitative estimate of drug-likeness (QED) is 0.562. The van der Waals surface area contributed by atoms with Crippen molar-refractivity contribution in [1.82, 2.24) is 24.7 Å². The van der Waals surface area contributed by atoms with Gasteiger partial charge in [0.05, 0.1) is 16.8 Å². The number of para-hydroxylation sites is 1. The number of rotatable bonds is 3. The lowest BCUT2D eigenvalue weighted by Crippen LogP contribution is -2.24. The van der Waals surface area contributed by atoms with Gasteiger partial charge >= 0.3 is 0 Å². The zero-order valence-corrected chi connectivity index (χ0v) is 14.0. The van der Waals surface area contributed by atoms with Gasteiger partial charge in [0.2, 0.25) is 0 Å². The van der Waals surface area contributed by atoms with Crippen LogP contribution in [0.1, 0.15) is 5.56 Å². The van der Waals surface area contributed by atoms with Crippen LogP contribution in [0.15, 0.2) is 78.1 Å². The molecular formula is C20H12N6O. The molecule has 0 fully saturated rings. The average molecular weight is 352 g/mol. The van der Waals surface area contributed by atoms with Crippen molar-refractivity contribution in [2.45, 2.75) is 0 Å². The molecule has 7 nitrogen and oxygen atoms in total. The van der Waals surface area contributed by atoms with E-state index in [1.165, 1.54) is 4.68 Å². The standard InChI is InChI=1S/C20H12N6O/c21-12-14-5-1-2-7-18(14)26-20(27)16(15-6-3-8-22-13-15)11-17(25-26)19-23-9-4-10-24-19/h1-11,13H. The number of hydrogen-bond acceptors (Lipinski definition) is 6. The Morgan fingerprint density at radius 1 is 0.963 bits per heavy atom. The van der Waals surface area contributed by atoms with E-state index < -0.39 is 0 Å². The number of benzene rings is 1. The van der Waals surface area contributed by atoms with Gasteiger partial charge in [0.15, 0.2) is 5.82 Å². The van der Waals surface area contributed by atoms with Gasteiger partial charge in [-0.05, 0) is 30.3 Å². The molecule has 0 saturated heterocycles. The van der Waals surface area contributed by atoms with Crippen LogP contribution in [0.5, 0.6) is 0 Å². The first-order valence-electron chi connectivity index (χ1n) is 8.09. The highest BCUT2D eigenvalue weighted by Gasteiger charge is 2.16. The third kappa shape index (κ3) is 3.07. The summed E-state index contributed by atoms with van der Waals surface area (Å²) >= 11 is 0. The lowest BCUT2D eigenvalue weighted by Gasteiger charge is -2.11. The van der Waals surface area contributed by atoms with Crippen LogP contribution >= 0.6 is 0 Å². The molecule has 0 N–H and O–H groups in total. The predicted molar refractivity (Wildman–Crippen MR) is 98.8 cm³/mol. The van der Waals surface area contributed by atoms with Gasteiger partial charge in [-0.15, -0.1) is 0 Å². The minimum absolute atomic E-state index is 0.343. The normalized spacial score (nSPS) is 10.3. The first kappa shape index (κ1) is 16.3. The lowest BCUT2D eigenvalue weighted by molar-refractivity contribution is 0.807. The molecule has 0 unspecified atom stereocenters. The molecule has 0 aliphatic rings. The SMILES string of the molecule is N#Cc1ccccc1-n1nc(-c2ncccn2)cc(-c2cccnc2)c1=O. The monoisotopic (exact) mass is 352 g/mol. The van der Waals surface area contributed by atoms with E-state index >= 15 is 0 Å². The lowest BCUT2D eigenvalue weighted by atomic mass is 10.1. The molecule has 7 heteroatoms. The molecule has 0 spiro atoms. The highest BCUT2D eigenvalue weighted by atomic mass is 16.1. The number of aromatic nitrogens is 5. The molecule has 3 aromatic heterocycles. The van der Waals surface area contributed by atoms with E-state index in [-0.39, 0.29) is 5.56 Å². The Hall–Kier alpha value is -4.18. The summed E-state index contributed by atoms with van der Waals surface area (Å²) in [4.78, 5) is 25.7. The van der Waals surface area contributed by atoms with Gasteiger partial charge in [0.25, 0.3) is 5.56 Å². The van der Waals surface area contributed by atoms with Crippen LogP contribution in [0.4, 0.5) is 0 Å². The van der Waals surface area contributed by atoms with Crippen LogP contribution in [0.25, 0.3) is 28.3 Å². The molecule has 0 bridgehead atoms. The minimum atomic E-state index is -0.356. The molecule has 4 aromatic rings. The number of hydrogen-bond donors (Lipinski definition) is 0. The Morgan fingerprint density at radius 2 is 1.78 bits per heavy atom. The highest BCUT2D eigenvalue weighted by Crippen LogP contribution is 2.21. The van der Waals surface area contributed by atoms with Crippen LogP contribution in [0.3, 0.4) is 0 Å². The third-order valence-corrected chi connectivity index (χ3v) is 3.93. The smallest absolute Gasteiger partial charge is 0.267 e. The Bertz CT molecular complexity index is 1200. The van der Waals surface area contributed by atoms with Gasteiger partial charge in [0, 0.05) is 30.4 Å². The summed E-state index contributed by atoms with van der Waals surface area (Å²) in [5, 5.41) is 13.8. The molecule has 0 amide bonds. The van der Waals surface area contributed by atoms with Crippen molar-refractivity contribution >= 4 is 0 Å². The topological polar surface area (TPSA) is 97.3 Å². The van der Waals surface area contributed by atoms with Crippen molar-refractivity contribution in [3.8, 4) is 34.4 Å². The van der Waals surface area contributed by atoms with Crippen molar-refractivity contribution in [2.75, 3.05) is 0 Å². The van der Waals surface area contributed by atoms with Crippen molar-refractivity contribution in [3.05, 3.63) is 89.2 Å². The van der Waals surface area contributed by atoms with Crippen molar-refractivity contribution in [3.63, 3.8) is 0 Å². The summed E-state index contributed by atoms with van der Waals surface area (Å²) in [6.45, 7) is 0. The van der Waals surface area contributed by atoms with Gasteiger partial charge in [-0.2, -0.15) is 15.0 Å². The fraction of sp³-hybridized carbons (Fsp3) is 0. The Labute approximate surface area is 154 Å². The maximum atomic E-state index is 13.1. The molecule has 27 heavy (non-hydrogen) atoms. The number of pyridine rings is 1. The second kappa shape index (κ2) is 6.98.